The maximum Gasteiger partial charge on any atom is 0.228 e. The van der Waals surface area contributed by atoms with E-state index in [0.717, 1.165) is 30.9 Å². The third-order valence-corrected chi connectivity index (χ3v) is 3.61. The molecule has 0 unspecified atom stereocenters. The zero-order valence-electron chi connectivity index (χ0n) is 9.99. The molecule has 0 aromatic heterocycles. The Labute approximate surface area is 101 Å². The van der Waals surface area contributed by atoms with Crippen LogP contribution in [-0.4, -0.2) is 37.0 Å². The summed E-state index contributed by atoms with van der Waals surface area (Å²) in [6.45, 7) is 3.12. The number of fused-ring (bicyclic) bond motifs is 1. The number of rotatable bonds is 3. The molecule has 0 bridgehead atoms. The maximum atomic E-state index is 11.3. The highest BCUT2D eigenvalue weighted by Gasteiger charge is 2.22. The fourth-order valence-electron chi connectivity index (χ4n) is 2.38. The van der Waals surface area contributed by atoms with Crippen molar-refractivity contribution in [3.8, 4) is 0 Å². The first kappa shape index (κ1) is 10.7. The van der Waals surface area contributed by atoms with Crippen LogP contribution in [0.2, 0.25) is 0 Å². The second-order valence-electron chi connectivity index (χ2n) is 4.94. The average molecular weight is 231 g/mol. The van der Waals surface area contributed by atoms with E-state index in [9.17, 15) is 4.79 Å². The van der Waals surface area contributed by atoms with Gasteiger partial charge in [0.25, 0.3) is 0 Å². The van der Waals surface area contributed by atoms with Gasteiger partial charge in [0.05, 0.1) is 6.42 Å². The van der Waals surface area contributed by atoms with Gasteiger partial charge in [0.15, 0.2) is 0 Å². The molecule has 90 valence electrons. The number of nitrogens with one attached hydrogen (secondary N) is 2. The number of likely N-dealkylation sites (N-methyl/N-ethyl adjacent to an activating group) is 1. The summed E-state index contributed by atoms with van der Waals surface area (Å²) in [5.74, 6) is 0.105. The quantitative estimate of drug-likeness (QED) is 0.800. The summed E-state index contributed by atoms with van der Waals surface area (Å²) in [7, 11) is 2.15. The second-order valence-corrected chi connectivity index (χ2v) is 4.94. The van der Waals surface area contributed by atoms with E-state index in [4.69, 9.17) is 0 Å². The fraction of sp³-hybridized carbons (Fsp3) is 0.462. The van der Waals surface area contributed by atoms with Crippen LogP contribution < -0.4 is 10.6 Å². The minimum Gasteiger partial charge on any atom is -0.326 e. The summed E-state index contributed by atoms with van der Waals surface area (Å²) >= 11 is 0. The molecule has 1 amide bonds. The van der Waals surface area contributed by atoms with Crippen molar-refractivity contribution in [3.05, 3.63) is 29.3 Å². The Balaban J connectivity index is 1.71. The van der Waals surface area contributed by atoms with E-state index in [2.05, 4.69) is 34.7 Å². The summed E-state index contributed by atoms with van der Waals surface area (Å²) in [5.41, 5.74) is 3.40. The van der Waals surface area contributed by atoms with Crippen molar-refractivity contribution in [1.29, 1.82) is 0 Å². The lowest BCUT2D eigenvalue weighted by Crippen LogP contribution is -2.55. The number of hydrogen-bond donors (Lipinski definition) is 2. The average Bonchev–Trinajstić information content (AvgIpc) is 2.54. The number of hydrogen-bond acceptors (Lipinski definition) is 3. The van der Waals surface area contributed by atoms with Crippen LogP contribution in [-0.2, 0) is 17.8 Å². The standard InChI is InChI=1S/C13H17N3O/c1-16(11-6-14-7-11)8-9-2-3-12-10(4-9)5-13(17)15-12/h2-4,11,14H,5-8H2,1H3,(H,15,17). The van der Waals surface area contributed by atoms with Crippen molar-refractivity contribution in [2.24, 2.45) is 0 Å². The van der Waals surface area contributed by atoms with E-state index in [1.807, 2.05) is 6.07 Å². The highest BCUT2D eigenvalue weighted by molar-refractivity contribution is 5.99. The number of nitrogens with zero attached hydrogens (tertiary/aromatic N) is 1. The smallest absolute Gasteiger partial charge is 0.228 e. The Morgan fingerprint density at radius 2 is 2.24 bits per heavy atom. The predicted molar refractivity (Wildman–Crippen MR) is 66.9 cm³/mol. The molecule has 3 rings (SSSR count). The lowest BCUT2D eigenvalue weighted by atomic mass is 10.1. The normalized spacial score (nSPS) is 19.1. The van der Waals surface area contributed by atoms with Crippen LogP contribution >= 0.6 is 0 Å². The minimum absolute atomic E-state index is 0.105. The minimum atomic E-state index is 0.105. The van der Waals surface area contributed by atoms with Gasteiger partial charge < -0.3 is 10.6 Å². The number of carbonyl (C=O) groups is 1. The molecule has 1 fully saturated rings. The van der Waals surface area contributed by atoms with E-state index in [0.29, 0.717) is 12.5 Å². The summed E-state index contributed by atoms with van der Waals surface area (Å²) in [5, 5.41) is 6.14. The largest absolute Gasteiger partial charge is 0.326 e. The molecule has 1 saturated heterocycles. The van der Waals surface area contributed by atoms with Gasteiger partial charge in [-0.2, -0.15) is 0 Å². The molecular formula is C13H17N3O. The van der Waals surface area contributed by atoms with Crippen LogP contribution in [0, 0.1) is 0 Å². The Bertz CT molecular complexity index is 454. The number of amides is 1. The van der Waals surface area contributed by atoms with Crippen molar-refractivity contribution in [1.82, 2.24) is 10.2 Å². The van der Waals surface area contributed by atoms with Gasteiger partial charge >= 0.3 is 0 Å². The Morgan fingerprint density at radius 1 is 1.41 bits per heavy atom. The van der Waals surface area contributed by atoms with Gasteiger partial charge in [0, 0.05) is 31.4 Å². The Hall–Kier alpha value is -1.39. The first-order valence-corrected chi connectivity index (χ1v) is 6.05. The first-order valence-electron chi connectivity index (χ1n) is 6.05. The molecule has 4 heteroatoms. The van der Waals surface area contributed by atoms with Gasteiger partial charge in [0.2, 0.25) is 5.91 Å². The topological polar surface area (TPSA) is 44.4 Å². The zero-order chi connectivity index (χ0) is 11.8. The first-order chi connectivity index (χ1) is 8.22. The SMILES string of the molecule is CN(Cc1ccc2c(c1)CC(=O)N2)C1CNC1. The Morgan fingerprint density at radius 3 is 2.94 bits per heavy atom. The lowest BCUT2D eigenvalue weighted by molar-refractivity contribution is -0.115. The van der Waals surface area contributed by atoms with Crippen LogP contribution in [0.3, 0.4) is 0 Å². The third kappa shape index (κ3) is 2.06. The summed E-state index contributed by atoms with van der Waals surface area (Å²) < 4.78 is 0. The molecule has 2 aliphatic rings. The summed E-state index contributed by atoms with van der Waals surface area (Å²) in [6.07, 6.45) is 0.526. The molecule has 17 heavy (non-hydrogen) atoms. The molecule has 0 saturated carbocycles. The van der Waals surface area contributed by atoms with E-state index < -0.39 is 0 Å². The van der Waals surface area contributed by atoms with E-state index in [1.54, 1.807) is 0 Å². The lowest BCUT2D eigenvalue weighted by Gasteiger charge is -2.35. The van der Waals surface area contributed by atoms with Gasteiger partial charge in [-0.05, 0) is 24.2 Å². The molecule has 0 atom stereocenters. The molecular weight excluding hydrogens is 214 g/mol. The zero-order valence-corrected chi connectivity index (χ0v) is 9.99. The highest BCUT2D eigenvalue weighted by Crippen LogP contribution is 2.24. The van der Waals surface area contributed by atoms with Gasteiger partial charge in [-0.1, -0.05) is 12.1 Å². The van der Waals surface area contributed by atoms with Crippen molar-refractivity contribution in [2.75, 3.05) is 25.5 Å². The van der Waals surface area contributed by atoms with Crippen LogP contribution in [0.5, 0.6) is 0 Å². The maximum absolute atomic E-state index is 11.3. The van der Waals surface area contributed by atoms with Gasteiger partial charge in [-0.15, -0.1) is 0 Å². The molecule has 1 aromatic rings. The molecule has 1 aromatic carbocycles. The third-order valence-electron chi connectivity index (χ3n) is 3.61. The van der Waals surface area contributed by atoms with Crippen molar-refractivity contribution in [3.63, 3.8) is 0 Å². The van der Waals surface area contributed by atoms with Crippen LogP contribution in [0.25, 0.3) is 0 Å². The molecule has 2 N–H and O–H groups in total. The molecule has 4 nitrogen and oxygen atoms in total. The molecule has 0 radical (unpaired) electrons. The molecule has 2 heterocycles. The predicted octanol–water partition coefficient (Wildman–Crippen LogP) is 0.585. The Kier molecular flexibility index (Phi) is 2.61. The second kappa shape index (κ2) is 4.13. The summed E-state index contributed by atoms with van der Waals surface area (Å²) in [6, 6.07) is 6.92. The van der Waals surface area contributed by atoms with Crippen molar-refractivity contribution in [2.45, 2.75) is 19.0 Å². The molecule has 2 aliphatic heterocycles. The van der Waals surface area contributed by atoms with Crippen molar-refractivity contribution < 1.29 is 4.79 Å². The van der Waals surface area contributed by atoms with Crippen LogP contribution in [0.15, 0.2) is 18.2 Å². The summed E-state index contributed by atoms with van der Waals surface area (Å²) in [4.78, 5) is 13.6. The number of carbonyl (C=O) groups excluding carboxylic acids is 1. The highest BCUT2D eigenvalue weighted by atomic mass is 16.1. The van der Waals surface area contributed by atoms with E-state index >= 15 is 0 Å². The molecule has 0 aliphatic carbocycles. The van der Waals surface area contributed by atoms with Crippen molar-refractivity contribution >= 4 is 11.6 Å². The fourth-order valence-corrected chi connectivity index (χ4v) is 2.38. The van der Waals surface area contributed by atoms with Gasteiger partial charge in [0.1, 0.15) is 0 Å². The van der Waals surface area contributed by atoms with Crippen LogP contribution in [0.1, 0.15) is 11.1 Å². The van der Waals surface area contributed by atoms with E-state index in [-0.39, 0.29) is 5.91 Å². The van der Waals surface area contributed by atoms with E-state index in [1.165, 1.54) is 5.56 Å². The van der Waals surface area contributed by atoms with Gasteiger partial charge in [-0.3, -0.25) is 9.69 Å². The number of anilines is 1. The number of benzene rings is 1. The van der Waals surface area contributed by atoms with Crippen LogP contribution in [0.4, 0.5) is 5.69 Å². The molecule has 0 spiro atoms. The van der Waals surface area contributed by atoms with Gasteiger partial charge in [-0.25, -0.2) is 0 Å². The monoisotopic (exact) mass is 231 g/mol.